The average molecular weight is 360 g/mol. The fraction of sp³-hybridized carbons (Fsp3) is 0.526. The Kier molecular flexibility index (Phi) is 5.15. The van der Waals surface area contributed by atoms with Gasteiger partial charge in [0.2, 0.25) is 5.91 Å². The lowest BCUT2D eigenvalue weighted by atomic mass is 9.94. The van der Waals surface area contributed by atoms with Crippen molar-refractivity contribution in [1.29, 1.82) is 0 Å². The molecule has 2 amide bonds. The molecule has 0 bridgehead atoms. The highest BCUT2D eigenvalue weighted by Gasteiger charge is 2.56. The van der Waals surface area contributed by atoms with E-state index < -0.39 is 23.6 Å². The standard InChI is InChI=1S/C19H24N2O5/c1-14(16(22)25-2)20-12-10-19(17(20)23)9-6-11-21(19)18(24)26-13-15-7-4-3-5-8-15/h3-5,7-8,14H,6,9-13H2,1-2H3/t14-,19?/m0/s1. The van der Waals surface area contributed by atoms with Gasteiger partial charge < -0.3 is 14.4 Å². The van der Waals surface area contributed by atoms with E-state index in [1.807, 2.05) is 30.3 Å². The summed E-state index contributed by atoms with van der Waals surface area (Å²) in [6, 6.07) is 8.77. The number of esters is 1. The number of likely N-dealkylation sites (tertiary alicyclic amines) is 2. The van der Waals surface area contributed by atoms with Crippen LogP contribution >= 0.6 is 0 Å². The molecule has 2 heterocycles. The zero-order valence-electron chi connectivity index (χ0n) is 15.1. The molecule has 1 aromatic carbocycles. The molecule has 140 valence electrons. The summed E-state index contributed by atoms with van der Waals surface area (Å²) in [4.78, 5) is 40.5. The number of carbonyl (C=O) groups excluding carboxylic acids is 3. The molecule has 7 heteroatoms. The van der Waals surface area contributed by atoms with E-state index in [2.05, 4.69) is 0 Å². The van der Waals surface area contributed by atoms with Crippen molar-refractivity contribution in [3.05, 3.63) is 35.9 Å². The van der Waals surface area contributed by atoms with Gasteiger partial charge in [-0.15, -0.1) is 0 Å². The molecule has 2 fully saturated rings. The zero-order valence-corrected chi connectivity index (χ0v) is 15.1. The first-order chi connectivity index (χ1) is 12.5. The second kappa shape index (κ2) is 7.35. The number of methoxy groups -OCH3 is 1. The Balaban J connectivity index is 1.70. The Morgan fingerprint density at radius 1 is 1.19 bits per heavy atom. The number of hydrogen-bond donors (Lipinski definition) is 0. The number of rotatable bonds is 4. The van der Waals surface area contributed by atoms with Gasteiger partial charge in [0.25, 0.3) is 0 Å². The smallest absolute Gasteiger partial charge is 0.411 e. The minimum Gasteiger partial charge on any atom is -0.467 e. The molecule has 0 aromatic heterocycles. The van der Waals surface area contributed by atoms with Crippen molar-refractivity contribution >= 4 is 18.0 Å². The van der Waals surface area contributed by atoms with Crippen LogP contribution in [-0.2, 0) is 25.7 Å². The molecule has 1 spiro atoms. The Morgan fingerprint density at radius 3 is 2.62 bits per heavy atom. The predicted octanol–water partition coefficient (Wildman–Crippen LogP) is 1.95. The van der Waals surface area contributed by atoms with Crippen LogP contribution in [-0.4, -0.2) is 59.5 Å². The van der Waals surface area contributed by atoms with E-state index in [0.29, 0.717) is 25.9 Å². The van der Waals surface area contributed by atoms with Crippen LogP contribution in [0.4, 0.5) is 4.79 Å². The van der Waals surface area contributed by atoms with E-state index >= 15 is 0 Å². The van der Waals surface area contributed by atoms with Crippen molar-refractivity contribution in [1.82, 2.24) is 9.80 Å². The summed E-state index contributed by atoms with van der Waals surface area (Å²) in [5.41, 5.74) is 0.00329. The van der Waals surface area contributed by atoms with Crippen molar-refractivity contribution in [3.8, 4) is 0 Å². The Hall–Kier alpha value is -2.57. The van der Waals surface area contributed by atoms with Crippen molar-refractivity contribution in [2.24, 2.45) is 0 Å². The van der Waals surface area contributed by atoms with Crippen LogP contribution in [0.1, 0.15) is 31.7 Å². The maximum Gasteiger partial charge on any atom is 0.411 e. The van der Waals surface area contributed by atoms with Crippen LogP contribution < -0.4 is 0 Å². The topological polar surface area (TPSA) is 76.2 Å². The molecular weight excluding hydrogens is 336 g/mol. The lowest BCUT2D eigenvalue weighted by molar-refractivity contribution is -0.152. The largest absolute Gasteiger partial charge is 0.467 e. The molecule has 26 heavy (non-hydrogen) atoms. The van der Waals surface area contributed by atoms with E-state index in [1.54, 1.807) is 11.8 Å². The highest BCUT2D eigenvalue weighted by atomic mass is 16.6. The number of amides is 2. The number of hydrogen-bond acceptors (Lipinski definition) is 5. The highest BCUT2D eigenvalue weighted by Crippen LogP contribution is 2.40. The summed E-state index contributed by atoms with van der Waals surface area (Å²) < 4.78 is 10.2. The highest BCUT2D eigenvalue weighted by molar-refractivity contribution is 5.95. The van der Waals surface area contributed by atoms with Crippen molar-refractivity contribution in [2.75, 3.05) is 20.2 Å². The molecule has 7 nitrogen and oxygen atoms in total. The van der Waals surface area contributed by atoms with Crippen molar-refractivity contribution in [2.45, 2.75) is 44.4 Å². The summed E-state index contributed by atoms with van der Waals surface area (Å²) in [6.45, 7) is 2.73. The van der Waals surface area contributed by atoms with E-state index in [9.17, 15) is 14.4 Å². The number of nitrogens with zero attached hydrogens (tertiary/aromatic N) is 2. The van der Waals surface area contributed by atoms with Gasteiger partial charge in [0, 0.05) is 13.1 Å². The van der Waals surface area contributed by atoms with E-state index in [4.69, 9.17) is 9.47 Å². The van der Waals surface area contributed by atoms with Gasteiger partial charge in [0.05, 0.1) is 7.11 Å². The van der Waals surface area contributed by atoms with Crippen molar-refractivity contribution in [3.63, 3.8) is 0 Å². The van der Waals surface area contributed by atoms with E-state index in [1.165, 1.54) is 12.0 Å². The predicted molar refractivity (Wildman–Crippen MR) is 93.1 cm³/mol. The van der Waals surface area contributed by atoms with Crippen LogP contribution in [0.15, 0.2) is 30.3 Å². The van der Waals surface area contributed by atoms with Gasteiger partial charge in [-0.2, -0.15) is 0 Å². The summed E-state index contributed by atoms with van der Waals surface area (Å²) in [7, 11) is 1.30. The van der Waals surface area contributed by atoms with Gasteiger partial charge in [-0.25, -0.2) is 9.59 Å². The summed E-state index contributed by atoms with van der Waals surface area (Å²) >= 11 is 0. The summed E-state index contributed by atoms with van der Waals surface area (Å²) in [5, 5.41) is 0. The van der Waals surface area contributed by atoms with Gasteiger partial charge in [0.1, 0.15) is 18.2 Å². The van der Waals surface area contributed by atoms with Gasteiger partial charge in [0.15, 0.2) is 0 Å². The molecule has 2 saturated heterocycles. The lowest BCUT2D eigenvalue weighted by Crippen LogP contribution is -2.54. The average Bonchev–Trinajstić information content (AvgIpc) is 3.24. The first kappa shape index (κ1) is 18.2. The normalized spacial score (nSPS) is 23.4. The van der Waals surface area contributed by atoms with Gasteiger partial charge >= 0.3 is 12.1 Å². The number of ether oxygens (including phenoxy) is 2. The molecule has 1 aromatic rings. The fourth-order valence-electron chi connectivity index (χ4n) is 3.87. The molecule has 3 rings (SSSR count). The van der Waals surface area contributed by atoms with Crippen LogP contribution in [0, 0.1) is 0 Å². The molecule has 2 aliphatic rings. The third kappa shape index (κ3) is 3.13. The zero-order chi connectivity index (χ0) is 18.7. The SMILES string of the molecule is COC(=O)[C@H](C)N1CCC2(CCCN2C(=O)OCc2ccccc2)C1=O. The minimum absolute atomic E-state index is 0.169. The molecule has 0 radical (unpaired) electrons. The fourth-order valence-corrected chi connectivity index (χ4v) is 3.87. The molecule has 0 aliphatic carbocycles. The molecule has 1 unspecified atom stereocenters. The van der Waals surface area contributed by atoms with Crippen LogP contribution in [0.25, 0.3) is 0 Å². The molecule has 0 N–H and O–H groups in total. The second-order valence-electron chi connectivity index (χ2n) is 6.77. The van der Waals surface area contributed by atoms with E-state index in [-0.39, 0.29) is 12.5 Å². The minimum atomic E-state index is -0.893. The van der Waals surface area contributed by atoms with Crippen molar-refractivity contribution < 1.29 is 23.9 Å². The van der Waals surface area contributed by atoms with Gasteiger partial charge in [-0.3, -0.25) is 9.69 Å². The number of benzene rings is 1. The quantitative estimate of drug-likeness (QED) is 0.767. The Labute approximate surface area is 152 Å². The lowest BCUT2D eigenvalue weighted by Gasteiger charge is -2.33. The van der Waals surface area contributed by atoms with Gasteiger partial charge in [-0.1, -0.05) is 30.3 Å². The maximum absolute atomic E-state index is 13.0. The maximum atomic E-state index is 13.0. The molecule has 0 saturated carbocycles. The monoisotopic (exact) mass is 360 g/mol. The second-order valence-corrected chi connectivity index (χ2v) is 6.77. The Morgan fingerprint density at radius 2 is 1.92 bits per heavy atom. The summed E-state index contributed by atoms with van der Waals surface area (Å²) in [5.74, 6) is -0.642. The third-order valence-electron chi connectivity index (χ3n) is 5.35. The molecule has 2 atom stereocenters. The number of carbonyl (C=O) groups is 3. The molecule has 2 aliphatic heterocycles. The summed E-state index contributed by atoms with van der Waals surface area (Å²) in [6.07, 6.45) is 1.36. The first-order valence-corrected chi connectivity index (χ1v) is 8.87. The first-order valence-electron chi connectivity index (χ1n) is 8.87. The van der Waals surface area contributed by atoms with E-state index in [0.717, 1.165) is 12.0 Å². The third-order valence-corrected chi connectivity index (χ3v) is 5.35. The van der Waals surface area contributed by atoms with Crippen LogP contribution in [0.2, 0.25) is 0 Å². The molecular formula is C19H24N2O5. The Bertz CT molecular complexity index is 692. The van der Waals surface area contributed by atoms with Gasteiger partial charge in [-0.05, 0) is 31.7 Å². The van der Waals surface area contributed by atoms with Crippen LogP contribution in [0.5, 0.6) is 0 Å². The van der Waals surface area contributed by atoms with Crippen LogP contribution in [0.3, 0.4) is 0 Å².